The van der Waals surface area contributed by atoms with Gasteiger partial charge in [-0.05, 0) is 23.8 Å². The Balaban J connectivity index is 1.89. The van der Waals surface area contributed by atoms with Crippen LogP contribution < -0.4 is 5.73 Å². The van der Waals surface area contributed by atoms with Crippen LogP contribution in [0.5, 0.6) is 0 Å². The Bertz CT molecular complexity index is 606. The number of benzene rings is 1. The highest BCUT2D eigenvalue weighted by Gasteiger charge is 2.27. The van der Waals surface area contributed by atoms with Crippen molar-refractivity contribution in [3.8, 4) is 0 Å². The molecule has 5 nitrogen and oxygen atoms in total. The van der Waals surface area contributed by atoms with Crippen LogP contribution in [0.25, 0.3) is 12.2 Å². The predicted molar refractivity (Wildman–Crippen MR) is 69.8 cm³/mol. The third-order valence-electron chi connectivity index (χ3n) is 2.34. The maximum atomic E-state index is 11.9. The van der Waals surface area contributed by atoms with Crippen molar-refractivity contribution in [3.63, 3.8) is 0 Å². The Kier molecular flexibility index (Phi) is 4.59. The lowest BCUT2D eigenvalue weighted by molar-refractivity contribution is -0.177. The molecule has 1 aromatic carbocycles. The molecule has 0 saturated carbocycles. The molecule has 112 valence electrons. The zero-order valence-corrected chi connectivity index (χ0v) is 10.8. The Morgan fingerprint density at radius 2 is 1.90 bits per heavy atom. The Morgan fingerprint density at radius 1 is 1.19 bits per heavy atom. The molecule has 0 aliphatic rings. The minimum Gasteiger partial charge on any atom is -0.399 e. The van der Waals surface area contributed by atoms with Gasteiger partial charge in [0.15, 0.2) is 5.82 Å². The van der Waals surface area contributed by atoms with Crippen molar-refractivity contribution >= 4 is 17.8 Å². The topological polar surface area (TPSA) is 74.2 Å². The fourth-order valence-electron chi connectivity index (χ4n) is 1.43. The first-order valence-corrected chi connectivity index (χ1v) is 5.93. The Morgan fingerprint density at radius 3 is 2.57 bits per heavy atom. The second-order valence-electron chi connectivity index (χ2n) is 4.16. The normalized spacial score (nSPS) is 12.1. The van der Waals surface area contributed by atoms with E-state index in [0.29, 0.717) is 5.69 Å². The SMILES string of the molecule is Nc1ccc(/C=C/c2nc(COCC(F)(F)F)no2)cc1. The van der Waals surface area contributed by atoms with E-state index in [1.807, 2.05) is 0 Å². The summed E-state index contributed by atoms with van der Waals surface area (Å²) < 4.78 is 45.0. The van der Waals surface area contributed by atoms with E-state index in [1.54, 1.807) is 36.4 Å². The van der Waals surface area contributed by atoms with Gasteiger partial charge in [-0.25, -0.2) is 0 Å². The Hall–Kier alpha value is -2.35. The second kappa shape index (κ2) is 6.40. The minimum absolute atomic E-state index is 0.0520. The van der Waals surface area contributed by atoms with Crippen molar-refractivity contribution < 1.29 is 22.4 Å². The van der Waals surface area contributed by atoms with Crippen LogP contribution in [0.4, 0.5) is 18.9 Å². The fourth-order valence-corrected chi connectivity index (χ4v) is 1.43. The fraction of sp³-hybridized carbons (Fsp3) is 0.231. The second-order valence-corrected chi connectivity index (χ2v) is 4.16. The zero-order valence-electron chi connectivity index (χ0n) is 10.8. The molecule has 8 heteroatoms. The van der Waals surface area contributed by atoms with Crippen molar-refractivity contribution in [1.82, 2.24) is 10.1 Å². The monoisotopic (exact) mass is 299 g/mol. The van der Waals surface area contributed by atoms with Crippen LogP contribution in [0, 0.1) is 0 Å². The van der Waals surface area contributed by atoms with Gasteiger partial charge in [-0.3, -0.25) is 0 Å². The molecule has 0 unspecified atom stereocenters. The molecule has 0 fully saturated rings. The molecule has 2 aromatic rings. The van der Waals surface area contributed by atoms with Gasteiger partial charge in [0.1, 0.15) is 13.2 Å². The van der Waals surface area contributed by atoms with Crippen LogP contribution in [-0.4, -0.2) is 22.9 Å². The average Bonchev–Trinajstić information content (AvgIpc) is 2.85. The van der Waals surface area contributed by atoms with E-state index in [0.717, 1.165) is 5.56 Å². The molecule has 0 amide bonds. The predicted octanol–water partition coefficient (Wildman–Crippen LogP) is 2.90. The molecule has 0 spiro atoms. The van der Waals surface area contributed by atoms with Crippen LogP contribution in [0.15, 0.2) is 28.8 Å². The third kappa shape index (κ3) is 5.27. The highest BCUT2D eigenvalue weighted by molar-refractivity contribution is 5.66. The highest BCUT2D eigenvalue weighted by atomic mass is 19.4. The van der Waals surface area contributed by atoms with Crippen molar-refractivity contribution in [2.75, 3.05) is 12.3 Å². The molecule has 0 aliphatic heterocycles. The number of hydrogen-bond acceptors (Lipinski definition) is 5. The van der Waals surface area contributed by atoms with Gasteiger partial charge < -0.3 is 15.0 Å². The Labute approximate surface area is 118 Å². The van der Waals surface area contributed by atoms with Gasteiger partial charge in [-0.1, -0.05) is 17.3 Å². The number of nitrogens with zero attached hydrogens (tertiary/aromatic N) is 2. The van der Waals surface area contributed by atoms with Crippen LogP contribution in [-0.2, 0) is 11.3 Å². The number of ether oxygens (including phenoxy) is 1. The summed E-state index contributed by atoms with van der Waals surface area (Å²) in [6.45, 7) is -1.71. The number of alkyl halides is 3. The van der Waals surface area contributed by atoms with E-state index in [4.69, 9.17) is 10.3 Å². The average molecular weight is 299 g/mol. The zero-order chi connectivity index (χ0) is 15.3. The molecular formula is C13H12F3N3O2. The van der Waals surface area contributed by atoms with Crippen LogP contribution in [0.1, 0.15) is 17.3 Å². The smallest absolute Gasteiger partial charge is 0.399 e. The van der Waals surface area contributed by atoms with Gasteiger partial charge in [-0.2, -0.15) is 18.2 Å². The van der Waals surface area contributed by atoms with Crippen LogP contribution >= 0.6 is 0 Å². The summed E-state index contributed by atoms with van der Waals surface area (Å²) in [5.74, 6) is 0.230. The van der Waals surface area contributed by atoms with Gasteiger partial charge in [0, 0.05) is 11.8 Å². The molecule has 0 radical (unpaired) electrons. The first-order valence-electron chi connectivity index (χ1n) is 5.93. The summed E-state index contributed by atoms with van der Waals surface area (Å²) in [7, 11) is 0. The van der Waals surface area contributed by atoms with E-state index >= 15 is 0 Å². The molecule has 2 rings (SSSR count). The molecule has 21 heavy (non-hydrogen) atoms. The summed E-state index contributed by atoms with van der Waals surface area (Å²) in [5.41, 5.74) is 7.08. The van der Waals surface area contributed by atoms with Gasteiger partial charge in [0.25, 0.3) is 5.89 Å². The number of rotatable bonds is 5. The van der Waals surface area contributed by atoms with E-state index in [2.05, 4.69) is 14.9 Å². The summed E-state index contributed by atoms with van der Waals surface area (Å²) in [6, 6.07) is 7.08. The summed E-state index contributed by atoms with van der Waals surface area (Å²) in [6.07, 6.45) is -1.11. The number of nitrogen functional groups attached to an aromatic ring is 1. The largest absolute Gasteiger partial charge is 0.411 e. The molecule has 0 atom stereocenters. The minimum atomic E-state index is -4.37. The summed E-state index contributed by atoms with van der Waals surface area (Å²) in [4.78, 5) is 3.88. The van der Waals surface area contributed by atoms with Gasteiger partial charge >= 0.3 is 6.18 Å². The van der Waals surface area contributed by atoms with Gasteiger partial charge in [0.2, 0.25) is 0 Å². The maximum Gasteiger partial charge on any atom is 0.411 e. The van der Waals surface area contributed by atoms with Crippen molar-refractivity contribution in [2.24, 2.45) is 0 Å². The number of halogens is 3. The van der Waals surface area contributed by atoms with Crippen molar-refractivity contribution in [2.45, 2.75) is 12.8 Å². The molecule has 1 heterocycles. The van der Waals surface area contributed by atoms with E-state index in [-0.39, 0.29) is 18.3 Å². The van der Waals surface area contributed by atoms with E-state index in [9.17, 15) is 13.2 Å². The molecule has 2 N–H and O–H groups in total. The number of nitrogens with two attached hydrogens (primary N) is 1. The number of hydrogen-bond donors (Lipinski definition) is 1. The summed E-state index contributed by atoms with van der Waals surface area (Å²) in [5, 5.41) is 3.51. The van der Waals surface area contributed by atoms with Crippen molar-refractivity contribution in [1.29, 1.82) is 0 Å². The highest BCUT2D eigenvalue weighted by Crippen LogP contribution is 2.15. The van der Waals surface area contributed by atoms with Gasteiger partial charge in [0.05, 0.1) is 0 Å². The van der Waals surface area contributed by atoms with E-state index < -0.39 is 12.8 Å². The first-order chi connectivity index (χ1) is 9.92. The third-order valence-corrected chi connectivity index (χ3v) is 2.34. The lowest BCUT2D eigenvalue weighted by Gasteiger charge is -2.04. The number of aromatic nitrogens is 2. The maximum absolute atomic E-state index is 11.9. The number of anilines is 1. The molecular weight excluding hydrogens is 287 g/mol. The molecule has 1 aromatic heterocycles. The van der Waals surface area contributed by atoms with Gasteiger partial charge in [-0.15, -0.1) is 0 Å². The molecule has 0 bridgehead atoms. The van der Waals surface area contributed by atoms with E-state index in [1.165, 1.54) is 0 Å². The molecule has 0 saturated heterocycles. The van der Waals surface area contributed by atoms with Crippen LogP contribution in [0.2, 0.25) is 0 Å². The first kappa shape index (κ1) is 15.0. The summed E-state index contributed by atoms with van der Waals surface area (Å²) >= 11 is 0. The lowest BCUT2D eigenvalue weighted by Crippen LogP contribution is -2.16. The molecule has 0 aliphatic carbocycles. The van der Waals surface area contributed by atoms with Crippen molar-refractivity contribution in [3.05, 3.63) is 41.5 Å². The lowest BCUT2D eigenvalue weighted by atomic mass is 10.2. The quantitative estimate of drug-likeness (QED) is 0.859. The van der Waals surface area contributed by atoms with Crippen LogP contribution in [0.3, 0.4) is 0 Å². The standard InChI is InChI=1S/C13H12F3N3O2/c14-13(15,16)8-20-7-11-18-12(21-19-11)6-3-9-1-4-10(17)5-2-9/h1-6H,7-8,17H2/b6-3+.